The van der Waals surface area contributed by atoms with Gasteiger partial charge < -0.3 is 0 Å². The van der Waals surface area contributed by atoms with Gasteiger partial charge in [-0.1, -0.05) is 0 Å². The van der Waals surface area contributed by atoms with Gasteiger partial charge in [0.05, 0.1) is 0 Å². The minimum atomic E-state index is 1.50. The van der Waals surface area contributed by atoms with Crippen LogP contribution < -0.4 is 0 Å². The van der Waals surface area contributed by atoms with Gasteiger partial charge in [-0.2, -0.15) is 0 Å². The summed E-state index contributed by atoms with van der Waals surface area (Å²) >= 11 is 0. The Balaban J connectivity index is 0.000000187. The molecule has 0 fully saturated rings. The zero-order chi connectivity index (χ0) is 6.95. The van der Waals surface area contributed by atoms with Crippen molar-refractivity contribution in [1.82, 2.24) is 9.97 Å². The van der Waals surface area contributed by atoms with E-state index in [9.17, 15) is 0 Å². The molecule has 0 N–H and O–H groups in total. The summed E-state index contributed by atoms with van der Waals surface area (Å²) in [5.74, 6) is 2.25. The predicted octanol–water partition coefficient (Wildman–Crippen LogP) is 1.12. The maximum Gasteiger partial charge on any atom is 0.115 e. The number of aromatic nitrogens is 2. The summed E-state index contributed by atoms with van der Waals surface area (Å²) in [7, 11) is 0. The van der Waals surface area contributed by atoms with E-state index in [1.807, 2.05) is 0 Å². The Morgan fingerprint density at radius 2 is 1.78 bits per heavy atom. The van der Waals surface area contributed by atoms with Gasteiger partial charge in [0.1, 0.15) is 6.33 Å². The van der Waals surface area contributed by atoms with Crippen molar-refractivity contribution < 1.29 is 0 Å². The largest absolute Gasteiger partial charge is 0.245 e. The Kier molecular flexibility index (Phi) is 5.64. The van der Waals surface area contributed by atoms with E-state index in [1.54, 1.807) is 25.4 Å². The SMILES string of the molecule is C#CC.c1cncnc1. The first-order valence-electron chi connectivity index (χ1n) is 2.49. The molecule has 1 rings (SSSR count). The van der Waals surface area contributed by atoms with Crippen molar-refractivity contribution in [3.63, 3.8) is 0 Å². The summed E-state index contributed by atoms with van der Waals surface area (Å²) < 4.78 is 0. The predicted molar refractivity (Wildman–Crippen MR) is 36.5 cm³/mol. The van der Waals surface area contributed by atoms with Crippen LogP contribution in [0.1, 0.15) is 6.92 Å². The average molecular weight is 120 g/mol. The van der Waals surface area contributed by atoms with E-state index in [0.717, 1.165) is 0 Å². The Labute approximate surface area is 55.0 Å². The van der Waals surface area contributed by atoms with Crippen LogP contribution in [0.15, 0.2) is 24.8 Å². The van der Waals surface area contributed by atoms with Crippen LogP contribution in [0.4, 0.5) is 0 Å². The first kappa shape index (κ1) is 7.64. The van der Waals surface area contributed by atoms with Crippen LogP contribution in [0.2, 0.25) is 0 Å². The van der Waals surface area contributed by atoms with Crippen LogP contribution in [0, 0.1) is 12.3 Å². The Morgan fingerprint density at radius 1 is 1.33 bits per heavy atom. The highest BCUT2D eigenvalue weighted by Crippen LogP contribution is 1.66. The van der Waals surface area contributed by atoms with Crippen LogP contribution in [-0.4, -0.2) is 9.97 Å². The van der Waals surface area contributed by atoms with Crippen molar-refractivity contribution in [3.8, 4) is 12.3 Å². The normalized spacial score (nSPS) is 6.22. The Bertz CT molecular complexity index is 137. The zero-order valence-electron chi connectivity index (χ0n) is 5.28. The number of nitrogens with zero attached hydrogens (tertiary/aromatic N) is 2. The first-order chi connectivity index (χ1) is 4.41. The molecule has 0 saturated carbocycles. The minimum Gasteiger partial charge on any atom is -0.245 e. The fourth-order valence-electron chi connectivity index (χ4n) is 0.253. The van der Waals surface area contributed by atoms with Gasteiger partial charge in [-0.05, 0) is 13.0 Å². The van der Waals surface area contributed by atoms with Gasteiger partial charge >= 0.3 is 0 Å². The molecule has 0 aliphatic heterocycles. The second-order valence-corrected chi connectivity index (χ2v) is 1.19. The molecule has 1 heterocycles. The third-order valence-corrected chi connectivity index (χ3v) is 0.478. The lowest BCUT2D eigenvalue weighted by atomic mass is 10.7. The van der Waals surface area contributed by atoms with Crippen molar-refractivity contribution >= 4 is 0 Å². The summed E-state index contributed by atoms with van der Waals surface area (Å²) in [5, 5.41) is 0. The van der Waals surface area contributed by atoms with Crippen molar-refractivity contribution in [2.45, 2.75) is 6.92 Å². The lowest BCUT2D eigenvalue weighted by Gasteiger charge is -1.70. The molecule has 0 spiro atoms. The molecule has 1 aromatic rings. The highest BCUT2D eigenvalue weighted by molar-refractivity contribution is 4.74. The molecule has 0 saturated heterocycles. The minimum absolute atomic E-state index is 1.50. The molecule has 1 aromatic heterocycles. The molecular formula is C7H8N2. The molecule has 0 aliphatic rings. The van der Waals surface area contributed by atoms with E-state index in [4.69, 9.17) is 0 Å². The van der Waals surface area contributed by atoms with Crippen LogP contribution in [0.3, 0.4) is 0 Å². The van der Waals surface area contributed by atoms with Gasteiger partial charge in [0.25, 0.3) is 0 Å². The molecule has 46 valence electrons. The molecule has 0 unspecified atom stereocenters. The van der Waals surface area contributed by atoms with Gasteiger partial charge in [0.15, 0.2) is 0 Å². The summed E-state index contributed by atoms with van der Waals surface area (Å²) in [6.07, 6.45) is 9.47. The molecule has 0 bridgehead atoms. The molecular weight excluding hydrogens is 112 g/mol. The summed E-state index contributed by atoms with van der Waals surface area (Å²) in [5.41, 5.74) is 0. The number of rotatable bonds is 0. The molecule has 9 heavy (non-hydrogen) atoms. The maximum atomic E-state index is 4.60. The molecule has 0 atom stereocenters. The summed E-state index contributed by atoms with van der Waals surface area (Å²) in [6, 6.07) is 1.78. The van der Waals surface area contributed by atoms with Crippen LogP contribution in [-0.2, 0) is 0 Å². The standard InChI is InChI=1S/C4H4N2.C3H4/c1-2-5-4-6-3-1;1-3-2/h1-4H;1H,2H3. The third kappa shape index (κ3) is 6.64. The van der Waals surface area contributed by atoms with Crippen LogP contribution in [0.5, 0.6) is 0 Å². The van der Waals surface area contributed by atoms with E-state index < -0.39 is 0 Å². The summed E-state index contributed by atoms with van der Waals surface area (Å²) in [4.78, 5) is 7.35. The van der Waals surface area contributed by atoms with Crippen molar-refractivity contribution in [3.05, 3.63) is 24.8 Å². The second kappa shape index (κ2) is 6.64. The van der Waals surface area contributed by atoms with E-state index in [2.05, 4.69) is 22.3 Å². The highest BCUT2D eigenvalue weighted by atomic mass is 14.8. The second-order valence-electron chi connectivity index (χ2n) is 1.19. The van der Waals surface area contributed by atoms with Gasteiger partial charge in [0.2, 0.25) is 0 Å². The first-order valence-corrected chi connectivity index (χ1v) is 2.49. The van der Waals surface area contributed by atoms with Crippen molar-refractivity contribution in [2.24, 2.45) is 0 Å². The maximum absolute atomic E-state index is 4.60. The van der Waals surface area contributed by atoms with E-state index in [-0.39, 0.29) is 0 Å². The summed E-state index contributed by atoms with van der Waals surface area (Å²) in [6.45, 7) is 1.65. The lowest BCUT2D eigenvalue weighted by Crippen LogP contribution is -1.66. The third-order valence-electron chi connectivity index (χ3n) is 0.478. The number of hydrogen-bond donors (Lipinski definition) is 0. The monoisotopic (exact) mass is 120 g/mol. The average Bonchev–Trinajstić information content (AvgIpc) is 1.93. The Hall–Kier alpha value is -1.36. The van der Waals surface area contributed by atoms with Crippen molar-refractivity contribution in [2.75, 3.05) is 0 Å². The fraction of sp³-hybridized carbons (Fsp3) is 0.143. The molecule has 2 heteroatoms. The number of hydrogen-bond acceptors (Lipinski definition) is 2. The molecule has 0 aliphatic carbocycles. The molecule has 0 radical (unpaired) electrons. The van der Waals surface area contributed by atoms with Gasteiger partial charge in [-0.25, -0.2) is 9.97 Å². The highest BCUT2D eigenvalue weighted by Gasteiger charge is 1.59. The van der Waals surface area contributed by atoms with E-state index in [1.165, 1.54) is 6.33 Å². The van der Waals surface area contributed by atoms with E-state index >= 15 is 0 Å². The van der Waals surface area contributed by atoms with Crippen LogP contribution in [0.25, 0.3) is 0 Å². The molecule has 0 aromatic carbocycles. The molecule has 0 amide bonds. The van der Waals surface area contributed by atoms with Crippen molar-refractivity contribution in [1.29, 1.82) is 0 Å². The molecule has 2 nitrogen and oxygen atoms in total. The van der Waals surface area contributed by atoms with Gasteiger partial charge in [-0.3, -0.25) is 0 Å². The zero-order valence-corrected chi connectivity index (χ0v) is 5.28. The van der Waals surface area contributed by atoms with Crippen LogP contribution >= 0.6 is 0 Å². The Morgan fingerprint density at radius 3 is 1.89 bits per heavy atom. The van der Waals surface area contributed by atoms with Gasteiger partial charge in [0, 0.05) is 12.4 Å². The number of terminal acetylenes is 1. The quantitative estimate of drug-likeness (QED) is 0.479. The lowest BCUT2D eigenvalue weighted by molar-refractivity contribution is 1.17. The fourth-order valence-corrected chi connectivity index (χ4v) is 0.253. The van der Waals surface area contributed by atoms with E-state index in [0.29, 0.717) is 0 Å². The topological polar surface area (TPSA) is 25.8 Å². The van der Waals surface area contributed by atoms with Gasteiger partial charge in [-0.15, -0.1) is 12.3 Å². The smallest absolute Gasteiger partial charge is 0.115 e.